The minimum absolute atomic E-state index is 0.601. The average Bonchev–Trinajstić information content (AvgIpc) is 2.99. The quantitative estimate of drug-likeness (QED) is 0.781. The van der Waals surface area contributed by atoms with E-state index in [1.54, 1.807) is 12.4 Å². The van der Waals surface area contributed by atoms with Gasteiger partial charge in [-0.25, -0.2) is 0 Å². The number of hydrogen-bond acceptors (Lipinski definition) is 3. The lowest BCUT2D eigenvalue weighted by Gasteiger charge is -2.25. The first-order valence-corrected chi connectivity index (χ1v) is 5.46. The molecule has 1 heterocycles. The molecule has 0 radical (unpaired) electrons. The van der Waals surface area contributed by atoms with E-state index >= 15 is 0 Å². The predicted octanol–water partition coefficient (Wildman–Crippen LogP) is 1.35. The lowest BCUT2D eigenvalue weighted by molar-refractivity contribution is 0.0556. The molecule has 1 aliphatic carbocycles. The van der Waals surface area contributed by atoms with Crippen LogP contribution in [0, 0.1) is 6.92 Å². The van der Waals surface area contributed by atoms with Crippen LogP contribution >= 0.6 is 0 Å². The summed E-state index contributed by atoms with van der Waals surface area (Å²) >= 11 is 0. The van der Waals surface area contributed by atoms with E-state index in [0.29, 0.717) is 12.6 Å². The highest BCUT2D eigenvalue weighted by molar-refractivity contribution is 5.27. The van der Waals surface area contributed by atoms with Crippen molar-refractivity contribution in [3.8, 4) is 0 Å². The number of rotatable bonds is 4. The average molecular weight is 206 g/mol. The van der Waals surface area contributed by atoms with Crippen LogP contribution in [0.2, 0.25) is 0 Å². The van der Waals surface area contributed by atoms with Crippen molar-refractivity contribution in [2.45, 2.75) is 38.3 Å². The van der Waals surface area contributed by atoms with Gasteiger partial charge in [-0.05, 0) is 38.3 Å². The zero-order valence-electron chi connectivity index (χ0n) is 9.33. The highest BCUT2D eigenvalue weighted by Gasteiger charge is 2.29. The Morgan fingerprint density at radius 1 is 1.60 bits per heavy atom. The fourth-order valence-corrected chi connectivity index (χ4v) is 1.75. The summed E-state index contributed by atoms with van der Waals surface area (Å²) in [6, 6.07) is 2.55. The SMILES string of the molecule is Cc1ccncc1C(C)(O)CNC1CC1. The van der Waals surface area contributed by atoms with Crippen molar-refractivity contribution in [1.29, 1.82) is 0 Å². The smallest absolute Gasteiger partial charge is 0.101 e. The second-order valence-electron chi connectivity index (χ2n) is 4.62. The molecule has 0 bridgehead atoms. The first-order chi connectivity index (χ1) is 7.09. The molecule has 2 N–H and O–H groups in total. The van der Waals surface area contributed by atoms with Gasteiger partial charge in [0.2, 0.25) is 0 Å². The maximum absolute atomic E-state index is 10.3. The van der Waals surface area contributed by atoms with Gasteiger partial charge in [-0.2, -0.15) is 0 Å². The number of aromatic nitrogens is 1. The second kappa shape index (κ2) is 3.91. The van der Waals surface area contributed by atoms with E-state index < -0.39 is 5.60 Å². The van der Waals surface area contributed by atoms with Gasteiger partial charge in [0.1, 0.15) is 5.60 Å². The second-order valence-corrected chi connectivity index (χ2v) is 4.62. The van der Waals surface area contributed by atoms with Gasteiger partial charge < -0.3 is 10.4 Å². The molecule has 1 aromatic rings. The molecule has 1 saturated carbocycles. The van der Waals surface area contributed by atoms with Crippen molar-refractivity contribution >= 4 is 0 Å². The van der Waals surface area contributed by atoms with Crippen LogP contribution in [-0.2, 0) is 5.60 Å². The third-order valence-electron chi connectivity index (χ3n) is 2.93. The molecule has 3 nitrogen and oxygen atoms in total. The zero-order chi connectivity index (χ0) is 10.9. The highest BCUT2D eigenvalue weighted by Crippen LogP contribution is 2.25. The molecule has 82 valence electrons. The molecule has 1 fully saturated rings. The molecular weight excluding hydrogens is 188 g/mol. The van der Waals surface area contributed by atoms with Gasteiger partial charge >= 0.3 is 0 Å². The minimum Gasteiger partial charge on any atom is -0.384 e. The van der Waals surface area contributed by atoms with Crippen LogP contribution < -0.4 is 5.32 Å². The van der Waals surface area contributed by atoms with Gasteiger partial charge in [0.05, 0.1) is 0 Å². The monoisotopic (exact) mass is 206 g/mol. The topological polar surface area (TPSA) is 45.2 Å². The van der Waals surface area contributed by atoms with Gasteiger partial charge in [0, 0.05) is 30.5 Å². The van der Waals surface area contributed by atoms with Crippen molar-refractivity contribution in [2.75, 3.05) is 6.54 Å². The van der Waals surface area contributed by atoms with Crippen LogP contribution in [-0.4, -0.2) is 22.7 Å². The molecule has 1 aromatic heterocycles. The third-order valence-corrected chi connectivity index (χ3v) is 2.93. The van der Waals surface area contributed by atoms with Gasteiger partial charge in [-0.15, -0.1) is 0 Å². The van der Waals surface area contributed by atoms with Crippen molar-refractivity contribution in [1.82, 2.24) is 10.3 Å². The number of nitrogens with zero attached hydrogens (tertiary/aromatic N) is 1. The zero-order valence-corrected chi connectivity index (χ0v) is 9.33. The van der Waals surface area contributed by atoms with Gasteiger partial charge in [-0.1, -0.05) is 0 Å². The lowest BCUT2D eigenvalue weighted by Crippen LogP contribution is -2.37. The molecular formula is C12H18N2O. The summed E-state index contributed by atoms with van der Waals surface area (Å²) in [6.07, 6.45) is 5.98. The van der Waals surface area contributed by atoms with E-state index in [-0.39, 0.29) is 0 Å². The minimum atomic E-state index is -0.819. The maximum Gasteiger partial charge on any atom is 0.101 e. The summed E-state index contributed by atoms with van der Waals surface area (Å²) in [5.74, 6) is 0. The third kappa shape index (κ3) is 2.55. The Hall–Kier alpha value is -0.930. The number of aliphatic hydroxyl groups is 1. The van der Waals surface area contributed by atoms with E-state index in [0.717, 1.165) is 11.1 Å². The molecule has 15 heavy (non-hydrogen) atoms. The molecule has 1 aliphatic rings. The van der Waals surface area contributed by atoms with E-state index in [2.05, 4.69) is 10.3 Å². The van der Waals surface area contributed by atoms with Crippen molar-refractivity contribution in [3.05, 3.63) is 29.6 Å². The fourth-order valence-electron chi connectivity index (χ4n) is 1.75. The van der Waals surface area contributed by atoms with Gasteiger partial charge in [0.15, 0.2) is 0 Å². The van der Waals surface area contributed by atoms with Crippen LogP contribution in [0.15, 0.2) is 18.5 Å². The summed E-state index contributed by atoms with van der Waals surface area (Å²) in [5, 5.41) is 13.7. The Bertz CT molecular complexity index is 345. The van der Waals surface area contributed by atoms with Crippen LogP contribution in [0.1, 0.15) is 30.9 Å². The number of pyridine rings is 1. The molecule has 2 rings (SSSR count). The summed E-state index contributed by atoms with van der Waals surface area (Å²) in [6.45, 7) is 4.44. The predicted molar refractivity (Wildman–Crippen MR) is 59.6 cm³/mol. The molecule has 0 amide bonds. The first-order valence-electron chi connectivity index (χ1n) is 5.46. The van der Waals surface area contributed by atoms with Crippen LogP contribution in [0.4, 0.5) is 0 Å². The summed E-state index contributed by atoms with van der Waals surface area (Å²) in [5.41, 5.74) is 1.19. The van der Waals surface area contributed by atoms with E-state index in [9.17, 15) is 5.11 Å². The molecule has 1 atom stereocenters. The fraction of sp³-hybridized carbons (Fsp3) is 0.583. The Labute approximate surface area is 90.5 Å². The summed E-state index contributed by atoms with van der Waals surface area (Å²) < 4.78 is 0. The highest BCUT2D eigenvalue weighted by atomic mass is 16.3. The Morgan fingerprint density at radius 2 is 2.33 bits per heavy atom. The number of aryl methyl sites for hydroxylation is 1. The van der Waals surface area contributed by atoms with Crippen molar-refractivity contribution in [3.63, 3.8) is 0 Å². The lowest BCUT2D eigenvalue weighted by atomic mass is 9.94. The Balaban J connectivity index is 2.08. The summed E-state index contributed by atoms with van der Waals surface area (Å²) in [4.78, 5) is 4.07. The van der Waals surface area contributed by atoms with Crippen molar-refractivity contribution < 1.29 is 5.11 Å². The maximum atomic E-state index is 10.3. The van der Waals surface area contributed by atoms with Crippen LogP contribution in [0.3, 0.4) is 0 Å². The van der Waals surface area contributed by atoms with E-state index in [1.165, 1.54) is 12.8 Å². The van der Waals surface area contributed by atoms with Gasteiger partial charge in [0.25, 0.3) is 0 Å². The number of hydrogen-bond donors (Lipinski definition) is 2. The van der Waals surface area contributed by atoms with E-state index in [4.69, 9.17) is 0 Å². The molecule has 0 spiro atoms. The van der Waals surface area contributed by atoms with Gasteiger partial charge in [-0.3, -0.25) is 4.98 Å². The normalized spacial score (nSPS) is 19.9. The first kappa shape index (κ1) is 10.6. The molecule has 1 unspecified atom stereocenters. The van der Waals surface area contributed by atoms with Crippen LogP contribution in [0.25, 0.3) is 0 Å². The van der Waals surface area contributed by atoms with Crippen molar-refractivity contribution in [2.24, 2.45) is 0 Å². The molecule has 0 aromatic carbocycles. The number of nitrogens with one attached hydrogen (secondary N) is 1. The molecule has 0 aliphatic heterocycles. The Kier molecular flexibility index (Phi) is 2.76. The van der Waals surface area contributed by atoms with Crippen LogP contribution in [0.5, 0.6) is 0 Å². The Morgan fingerprint density at radius 3 is 2.93 bits per heavy atom. The standard InChI is InChI=1S/C12H18N2O/c1-9-5-6-13-7-11(9)12(2,15)8-14-10-3-4-10/h5-7,10,14-15H,3-4,8H2,1-2H3. The molecule has 0 saturated heterocycles. The van der Waals surface area contributed by atoms with E-state index in [1.807, 2.05) is 19.9 Å². The summed E-state index contributed by atoms with van der Waals surface area (Å²) in [7, 11) is 0. The molecule has 3 heteroatoms. The largest absolute Gasteiger partial charge is 0.384 e.